The molecule has 1 saturated heterocycles. The first-order chi connectivity index (χ1) is 10.1. The lowest BCUT2D eigenvalue weighted by atomic mass is 10.2. The van der Waals surface area contributed by atoms with E-state index in [1.54, 1.807) is 0 Å². The maximum atomic E-state index is 11.4. The summed E-state index contributed by atoms with van der Waals surface area (Å²) in [6, 6.07) is 5.74. The first-order valence-corrected chi connectivity index (χ1v) is 7.88. The van der Waals surface area contributed by atoms with Crippen molar-refractivity contribution in [3.63, 3.8) is 0 Å². The van der Waals surface area contributed by atoms with Crippen LogP contribution in [0, 0.1) is 0 Å². The molecule has 0 aliphatic carbocycles. The van der Waals surface area contributed by atoms with Gasteiger partial charge in [0.2, 0.25) is 0 Å². The van der Waals surface area contributed by atoms with Crippen LogP contribution in [-0.4, -0.2) is 55.1 Å². The maximum absolute atomic E-state index is 11.4. The van der Waals surface area contributed by atoms with Gasteiger partial charge in [0.1, 0.15) is 0 Å². The fraction of sp³-hybridized carbons (Fsp3) is 0.533. The second kappa shape index (κ2) is 7.99. The van der Waals surface area contributed by atoms with Crippen LogP contribution in [0.5, 0.6) is 0 Å². The summed E-state index contributed by atoms with van der Waals surface area (Å²) >= 11 is 12.0. The molecule has 21 heavy (non-hydrogen) atoms. The smallest absolute Gasteiger partial charge is 0.320 e. The summed E-state index contributed by atoms with van der Waals surface area (Å²) in [6.07, 6.45) is 0. The van der Waals surface area contributed by atoms with Gasteiger partial charge >= 0.3 is 5.97 Å². The van der Waals surface area contributed by atoms with Crippen LogP contribution in [0.15, 0.2) is 18.2 Å². The van der Waals surface area contributed by atoms with E-state index in [0.29, 0.717) is 23.2 Å². The van der Waals surface area contributed by atoms with Gasteiger partial charge in [0.15, 0.2) is 0 Å². The van der Waals surface area contributed by atoms with Crippen molar-refractivity contribution in [1.82, 2.24) is 9.80 Å². The molecule has 1 aliphatic rings. The number of rotatable bonds is 5. The van der Waals surface area contributed by atoms with Crippen LogP contribution in [0.4, 0.5) is 0 Å². The summed E-state index contributed by atoms with van der Waals surface area (Å²) in [5.74, 6) is -0.143. The highest BCUT2D eigenvalue weighted by molar-refractivity contribution is 6.42. The molecule has 4 nitrogen and oxygen atoms in total. The highest BCUT2D eigenvalue weighted by Gasteiger charge is 2.19. The zero-order valence-corrected chi connectivity index (χ0v) is 13.7. The Bertz CT molecular complexity index is 489. The molecular formula is C15H20Cl2N2O2. The summed E-state index contributed by atoms with van der Waals surface area (Å²) in [6.45, 7) is 7.11. The Kier molecular flexibility index (Phi) is 6.30. The molecule has 1 aromatic carbocycles. The quantitative estimate of drug-likeness (QED) is 0.777. The summed E-state index contributed by atoms with van der Waals surface area (Å²) in [5.41, 5.74) is 1.16. The third kappa shape index (κ3) is 5.15. The molecule has 1 aliphatic heterocycles. The zero-order chi connectivity index (χ0) is 15.2. The van der Waals surface area contributed by atoms with Crippen LogP contribution in [-0.2, 0) is 16.1 Å². The second-order valence-electron chi connectivity index (χ2n) is 5.11. The maximum Gasteiger partial charge on any atom is 0.320 e. The molecule has 0 amide bonds. The van der Waals surface area contributed by atoms with E-state index in [9.17, 15) is 4.79 Å². The first kappa shape index (κ1) is 16.6. The largest absolute Gasteiger partial charge is 0.465 e. The molecule has 0 unspecified atom stereocenters. The molecule has 116 valence electrons. The predicted octanol–water partition coefficient (Wildman–Crippen LogP) is 2.67. The Hall–Kier alpha value is -0.810. The van der Waals surface area contributed by atoms with Gasteiger partial charge in [-0.1, -0.05) is 29.3 Å². The van der Waals surface area contributed by atoms with Crippen LogP contribution < -0.4 is 0 Å². The minimum atomic E-state index is -0.143. The molecule has 6 heteroatoms. The van der Waals surface area contributed by atoms with Crippen molar-refractivity contribution in [2.45, 2.75) is 13.5 Å². The lowest BCUT2D eigenvalue weighted by Gasteiger charge is -2.34. The molecule has 0 bridgehead atoms. The first-order valence-electron chi connectivity index (χ1n) is 7.12. The molecule has 1 fully saturated rings. The number of halogens is 2. The van der Waals surface area contributed by atoms with Gasteiger partial charge in [0.05, 0.1) is 23.2 Å². The number of nitrogens with zero attached hydrogens (tertiary/aromatic N) is 2. The van der Waals surface area contributed by atoms with Gasteiger partial charge in [-0.25, -0.2) is 0 Å². The molecule has 0 radical (unpaired) electrons. The van der Waals surface area contributed by atoms with Gasteiger partial charge < -0.3 is 4.74 Å². The van der Waals surface area contributed by atoms with E-state index < -0.39 is 0 Å². The van der Waals surface area contributed by atoms with E-state index in [1.807, 2.05) is 25.1 Å². The Morgan fingerprint density at radius 3 is 2.43 bits per heavy atom. The Balaban J connectivity index is 1.78. The number of carbonyl (C=O) groups excluding carboxylic acids is 1. The van der Waals surface area contributed by atoms with Crippen LogP contribution >= 0.6 is 23.2 Å². The highest BCUT2D eigenvalue weighted by Crippen LogP contribution is 2.23. The van der Waals surface area contributed by atoms with Crippen LogP contribution in [0.25, 0.3) is 0 Å². The van der Waals surface area contributed by atoms with Crippen molar-refractivity contribution in [3.8, 4) is 0 Å². The fourth-order valence-electron chi connectivity index (χ4n) is 2.39. The molecule has 1 heterocycles. The standard InChI is InChI=1S/C15H20Cl2N2O2/c1-2-21-15(20)11-19-7-5-18(6-8-19)10-12-3-4-13(16)14(17)9-12/h3-4,9H,2,5-8,10-11H2,1H3. The van der Waals surface area contributed by atoms with Gasteiger partial charge in [0.25, 0.3) is 0 Å². The third-order valence-electron chi connectivity index (χ3n) is 3.51. The molecule has 1 aromatic rings. The van der Waals surface area contributed by atoms with Gasteiger partial charge in [-0.05, 0) is 24.6 Å². The van der Waals surface area contributed by atoms with Crippen molar-refractivity contribution >= 4 is 29.2 Å². The van der Waals surface area contributed by atoms with Crippen molar-refractivity contribution in [2.75, 3.05) is 39.3 Å². The highest BCUT2D eigenvalue weighted by atomic mass is 35.5. The Labute approximate surface area is 135 Å². The summed E-state index contributed by atoms with van der Waals surface area (Å²) < 4.78 is 4.97. The Morgan fingerprint density at radius 1 is 1.14 bits per heavy atom. The van der Waals surface area contributed by atoms with Gasteiger partial charge in [-0.15, -0.1) is 0 Å². The summed E-state index contributed by atoms with van der Waals surface area (Å²) in [5, 5.41) is 1.18. The average Bonchev–Trinajstić information content (AvgIpc) is 2.45. The fourth-order valence-corrected chi connectivity index (χ4v) is 2.71. The zero-order valence-electron chi connectivity index (χ0n) is 12.1. The number of hydrogen-bond donors (Lipinski definition) is 0. The molecule has 2 rings (SSSR count). The van der Waals surface area contributed by atoms with E-state index >= 15 is 0 Å². The number of benzene rings is 1. The predicted molar refractivity (Wildman–Crippen MR) is 84.8 cm³/mol. The summed E-state index contributed by atoms with van der Waals surface area (Å²) in [4.78, 5) is 15.9. The molecule has 0 N–H and O–H groups in total. The SMILES string of the molecule is CCOC(=O)CN1CCN(Cc2ccc(Cl)c(Cl)c2)CC1. The molecule has 0 atom stereocenters. The lowest BCUT2D eigenvalue weighted by Crippen LogP contribution is -2.47. The van der Waals surface area contributed by atoms with Crippen molar-refractivity contribution in [3.05, 3.63) is 33.8 Å². The number of carbonyl (C=O) groups is 1. The minimum absolute atomic E-state index is 0.143. The van der Waals surface area contributed by atoms with Gasteiger partial charge in [0, 0.05) is 32.7 Å². The topological polar surface area (TPSA) is 32.8 Å². The minimum Gasteiger partial charge on any atom is -0.465 e. The molecule has 0 aromatic heterocycles. The molecule has 0 spiro atoms. The van der Waals surface area contributed by atoms with Crippen LogP contribution in [0.2, 0.25) is 10.0 Å². The van der Waals surface area contributed by atoms with Crippen molar-refractivity contribution in [2.24, 2.45) is 0 Å². The monoisotopic (exact) mass is 330 g/mol. The van der Waals surface area contributed by atoms with E-state index in [2.05, 4.69) is 9.80 Å². The van der Waals surface area contributed by atoms with E-state index in [0.717, 1.165) is 38.3 Å². The van der Waals surface area contributed by atoms with E-state index in [1.165, 1.54) is 0 Å². The third-order valence-corrected chi connectivity index (χ3v) is 4.25. The van der Waals surface area contributed by atoms with Gasteiger partial charge in [-0.2, -0.15) is 0 Å². The van der Waals surface area contributed by atoms with Crippen molar-refractivity contribution < 1.29 is 9.53 Å². The van der Waals surface area contributed by atoms with Crippen LogP contribution in [0.1, 0.15) is 12.5 Å². The van der Waals surface area contributed by atoms with Gasteiger partial charge in [-0.3, -0.25) is 14.6 Å². The van der Waals surface area contributed by atoms with E-state index in [-0.39, 0.29) is 5.97 Å². The Morgan fingerprint density at radius 2 is 1.81 bits per heavy atom. The van der Waals surface area contributed by atoms with Crippen LogP contribution in [0.3, 0.4) is 0 Å². The molecular weight excluding hydrogens is 311 g/mol. The average molecular weight is 331 g/mol. The second-order valence-corrected chi connectivity index (χ2v) is 5.92. The number of esters is 1. The number of ether oxygens (including phenoxy) is 1. The molecule has 0 saturated carbocycles. The summed E-state index contributed by atoms with van der Waals surface area (Å²) in [7, 11) is 0. The number of piperazine rings is 1. The van der Waals surface area contributed by atoms with E-state index in [4.69, 9.17) is 27.9 Å². The lowest BCUT2D eigenvalue weighted by molar-refractivity contribution is -0.144. The van der Waals surface area contributed by atoms with Crippen molar-refractivity contribution in [1.29, 1.82) is 0 Å². The number of hydrogen-bond acceptors (Lipinski definition) is 4. The normalized spacial score (nSPS) is 16.9.